The van der Waals surface area contributed by atoms with Crippen LogP contribution in [0.25, 0.3) is 11.1 Å². The fourth-order valence-corrected chi connectivity index (χ4v) is 4.07. The van der Waals surface area contributed by atoms with Gasteiger partial charge in [-0.15, -0.1) is 0 Å². The Labute approximate surface area is 216 Å². The molecule has 0 spiro atoms. The van der Waals surface area contributed by atoms with Crippen molar-refractivity contribution in [3.8, 4) is 0 Å². The Bertz CT molecular complexity index is 1100. The van der Waals surface area contributed by atoms with Crippen molar-refractivity contribution < 1.29 is 14.0 Å². The highest BCUT2D eigenvalue weighted by molar-refractivity contribution is 9.10. The highest BCUT2D eigenvalue weighted by Crippen LogP contribution is 2.30. The highest BCUT2D eigenvalue weighted by Gasteiger charge is 2.23. The Morgan fingerprint density at radius 3 is 2.46 bits per heavy atom. The molecule has 3 heterocycles. The summed E-state index contributed by atoms with van der Waals surface area (Å²) in [5, 5.41) is 5.82. The number of aryl methyl sites for hydroxylation is 1. The van der Waals surface area contributed by atoms with Crippen molar-refractivity contribution in [3.05, 3.63) is 46.4 Å². The summed E-state index contributed by atoms with van der Waals surface area (Å²) in [5.41, 5.74) is 2.48. The summed E-state index contributed by atoms with van der Waals surface area (Å²) < 4.78 is 6.11. The number of hydrogen-bond acceptors (Lipinski definition) is 7. The van der Waals surface area contributed by atoms with Crippen LogP contribution in [-0.4, -0.2) is 54.2 Å². The van der Waals surface area contributed by atoms with Crippen LogP contribution in [0, 0.1) is 12.8 Å². The van der Waals surface area contributed by atoms with Crippen LogP contribution in [0.15, 0.2) is 39.5 Å². The van der Waals surface area contributed by atoms with Gasteiger partial charge in [0.25, 0.3) is 0 Å². The first kappa shape index (κ1) is 28.5. The lowest BCUT2D eigenvalue weighted by Gasteiger charge is -2.24. The van der Waals surface area contributed by atoms with Crippen LogP contribution in [0.1, 0.15) is 55.6 Å². The topological polar surface area (TPSA) is 100 Å². The first-order valence-electron chi connectivity index (χ1n) is 11.9. The normalized spacial score (nSPS) is 12.6. The third-order valence-corrected chi connectivity index (χ3v) is 6.41. The second-order valence-electron chi connectivity index (χ2n) is 8.61. The molecule has 1 amide bonds. The van der Waals surface area contributed by atoms with Gasteiger partial charge in [0.15, 0.2) is 17.6 Å². The molecule has 0 aromatic carbocycles. The van der Waals surface area contributed by atoms with Gasteiger partial charge in [-0.3, -0.25) is 9.59 Å². The first-order chi connectivity index (χ1) is 16.7. The van der Waals surface area contributed by atoms with Gasteiger partial charge in [-0.05, 0) is 86.4 Å². The third kappa shape index (κ3) is 8.14. The van der Waals surface area contributed by atoms with Crippen LogP contribution >= 0.6 is 15.9 Å². The molecule has 0 aliphatic rings. The van der Waals surface area contributed by atoms with E-state index in [0.29, 0.717) is 33.7 Å². The molecule has 8 nitrogen and oxygen atoms in total. The molecule has 3 aromatic heterocycles. The van der Waals surface area contributed by atoms with Gasteiger partial charge in [-0.25, -0.2) is 9.97 Å². The van der Waals surface area contributed by atoms with Crippen molar-refractivity contribution in [1.82, 2.24) is 14.9 Å². The molecule has 0 saturated carbocycles. The molecule has 0 bridgehead atoms. The molecule has 35 heavy (non-hydrogen) atoms. The Hall–Kier alpha value is -2.78. The second-order valence-corrected chi connectivity index (χ2v) is 9.42. The molecule has 3 aromatic rings. The molecule has 0 aliphatic heterocycles. The van der Waals surface area contributed by atoms with E-state index in [2.05, 4.69) is 62.5 Å². The van der Waals surface area contributed by atoms with E-state index in [4.69, 9.17) is 4.42 Å². The van der Waals surface area contributed by atoms with Crippen LogP contribution in [-0.2, 0) is 4.79 Å². The van der Waals surface area contributed by atoms with E-state index in [1.807, 2.05) is 39.2 Å². The van der Waals surface area contributed by atoms with Crippen molar-refractivity contribution in [3.63, 3.8) is 0 Å². The van der Waals surface area contributed by atoms with Crippen molar-refractivity contribution >= 4 is 50.7 Å². The Morgan fingerprint density at radius 2 is 1.91 bits per heavy atom. The molecule has 0 aliphatic carbocycles. The molecule has 2 N–H and O–H groups in total. The number of carbonyl (C=O) groups excluding carboxylic acids is 2. The van der Waals surface area contributed by atoms with Crippen LogP contribution in [0.5, 0.6) is 0 Å². The lowest BCUT2D eigenvalue weighted by molar-refractivity contribution is -0.120. The maximum atomic E-state index is 12.8. The SMILES string of the molecule is CCC(CC[C@@H](CC)C(=O)Nc1c(C=O)oc2ccc(Br)nc12)N(C)C.CNc1ccc(C)cn1. The van der Waals surface area contributed by atoms with E-state index >= 15 is 0 Å². The average Bonchev–Trinajstić information content (AvgIpc) is 3.19. The number of nitrogens with zero attached hydrogens (tertiary/aromatic N) is 3. The summed E-state index contributed by atoms with van der Waals surface area (Å²) >= 11 is 3.31. The number of anilines is 2. The van der Waals surface area contributed by atoms with E-state index in [-0.39, 0.29) is 17.6 Å². The van der Waals surface area contributed by atoms with Gasteiger partial charge in [0, 0.05) is 25.2 Å². The van der Waals surface area contributed by atoms with E-state index in [1.54, 1.807) is 12.1 Å². The number of hydrogen-bond donors (Lipinski definition) is 2. The van der Waals surface area contributed by atoms with E-state index in [0.717, 1.165) is 31.5 Å². The summed E-state index contributed by atoms with van der Waals surface area (Å²) in [6, 6.07) is 7.88. The quantitative estimate of drug-likeness (QED) is 0.241. The largest absolute Gasteiger partial charge is 0.449 e. The minimum Gasteiger partial charge on any atom is -0.449 e. The van der Waals surface area contributed by atoms with Gasteiger partial charge >= 0.3 is 0 Å². The average molecular weight is 547 g/mol. The fraction of sp³-hybridized carbons (Fsp3) is 0.462. The molecular formula is C26H36BrN5O3. The van der Waals surface area contributed by atoms with Gasteiger partial charge in [0.2, 0.25) is 5.91 Å². The summed E-state index contributed by atoms with van der Waals surface area (Å²) in [6.45, 7) is 6.18. The molecule has 190 valence electrons. The minimum absolute atomic E-state index is 0.0912. The van der Waals surface area contributed by atoms with Crippen LogP contribution in [0.3, 0.4) is 0 Å². The van der Waals surface area contributed by atoms with Crippen LogP contribution < -0.4 is 10.6 Å². The summed E-state index contributed by atoms with van der Waals surface area (Å²) in [4.78, 5) is 34.7. The number of rotatable bonds is 10. The number of pyridine rings is 2. The van der Waals surface area contributed by atoms with E-state index < -0.39 is 0 Å². The molecule has 3 rings (SSSR count). The van der Waals surface area contributed by atoms with Gasteiger partial charge in [-0.2, -0.15) is 0 Å². The zero-order chi connectivity index (χ0) is 26.0. The standard InChI is InChI=1S/C19H26BrN3O3.C7H10N2/c1-5-12(7-8-13(6-2)23(3)4)19(25)22-18-15(11-24)26-14-9-10-16(20)21-17(14)18;1-6-3-4-7(8-2)9-5-6/h9-13H,5-8H2,1-4H3,(H,22,25);3-5H,1-2H3,(H,8,9)/t12-,13?;/m1./s1. The number of aromatic nitrogens is 2. The smallest absolute Gasteiger partial charge is 0.227 e. The molecule has 0 fully saturated rings. The highest BCUT2D eigenvalue weighted by atomic mass is 79.9. The Balaban J connectivity index is 0.000000402. The molecular weight excluding hydrogens is 510 g/mol. The lowest BCUT2D eigenvalue weighted by atomic mass is 9.95. The van der Waals surface area contributed by atoms with Crippen molar-refractivity contribution in [1.29, 1.82) is 0 Å². The number of nitrogens with one attached hydrogen (secondary N) is 2. The molecule has 2 atom stereocenters. The van der Waals surface area contributed by atoms with Crippen LogP contribution in [0.2, 0.25) is 0 Å². The zero-order valence-electron chi connectivity index (χ0n) is 21.4. The van der Waals surface area contributed by atoms with E-state index in [9.17, 15) is 9.59 Å². The van der Waals surface area contributed by atoms with Crippen molar-refractivity contribution in [2.45, 2.75) is 52.5 Å². The molecule has 1 unspecified atom stereocenters. The predicted octanol–water partition coefficient (Wildman–Crippen LogP) is 5.92. The third-order valence-electron chi connectivity index (χ3n) is 5.96. The van der Waals surface area contributed by atoms with Gasteiger partial charge in [0.1, 0.15) is 21.6 Å². The number of amides is 1. The first-order valence-corrected chi connectivity index (χ1v) is 12.6. The number of halogens is 1. The summed E-state index contributed by atoms with van der Waals surface area (Å²) in [6.07, 6.45) is 5.97. The van der Waals surface area contributed by atoms with Gasteiger partial charge < -0.3 is 20.0 Å². The monoisotopic (exact) mass is 545 g/mol. The molecule has 0 saturated heterocycles. The maximum Gasteiger partial charge on any atom is 0.227 e. The predicted molar refractivity (Wildman–Crippen MR) is 145 cm³/mol. The second kappa shape index (κ2) is 13.9. The van der Waals surface area contributed by atoms with Crippen molar-refractivity contribution in [2.75, 3.05) is 31.8 Å². The maximum absolute atomic E-state index is 12.8. The van der Waals surface area contributed by atoms with E-state index in [1.165, 1.54) is 5.56 Å². The summed E-state index contributed by atoms with van der Waals surface area (Å²) in [5.74, 6) is 0.781. The Kier molecular flexibility index (Phi) is 11.3. The number of carbonyl (C=O) groups is 2. The van der Waals surface area contributed by atoms with Crippen molar-refractivity contribution in [2.24, 2.45) is 5.92 Å². The number of aldehydes is 1. The number of fused-ring (bicyclic) bond motifs is 1. The minimum atomic E-state index is -0.124. The summed E-state index contributed by atoms with van der Waals surface area (Å²) in [7, 11) is 5.98. The zero-order valence-corrected chi connectivity index (χ0v) is 23.0. The fourth-order valence-electron chi connectivity index (χ4n) is 3.76. The lowest BCUT2D eigenvalue weighted by Crippen LogP contribution is -2.30. The van der Waals surface area contributed by atoms with Gasteiger partial charge in [0.05, 0.1) is 0 Å². The number of furan rings is 1. The van der Waals surface area contributed by atoms with Gasteiger partial charge in [-0.1, -0.05) is 19.9 Å². The van der Waals surface area contributed by atoms with Crippen LogP contribution in [0.4, 0.5) is 11.5 Å². The molecule has 9 heteroatoms. The molecule has 0 radical (unpaired) electrons. The Morgan fingerprint density at radius 1 is 1.17 bits per heavy atom.